The number of hydrogen-bond donors (Lipinski definition) is 0. The second-order valence-electron chi connectivity index (χ2n) is 7.56. The Hall–Kier alpha value is -2.38. The van der Waals surface area contributed by atoms with Gasteiger partial charge in [0.05, 0.1) is 0 Å². The highest BCUT2D eigenvalue weighted by Gasteiger charge is 2.27. The third-order valence-electron chi connectivity index (χ3n) is 5.30. The van der Waals surface area contributed by atoms with Gasteiger partial charge in [-0.1, -0.05) is 113 Å². The molecule has 0 aliphatic rings. The van der Waals surface area contributed by atoms with E-state index in [2.05, 4.69) is 113 Å². The van der Waals surface area contributed by atoms with Gasteiger partial charge in [0.15, 0.2) is 0 Å². The Balaban J connectivity index is 0.00000225. The van der Waals surface area contributed by atoms with Crippen LogP contribution >= 0.6 is 0 Å². The van der Waals surface area contributed by atoms with Crippen molar-refractivity contribution in [1.82, 2.24) is 0 Å². The number of hydrogen-bond acceptors (Lipinski definition) is 0. The minimum atomic E-state index is -0.00988. The first-order valence-corrected chi connectivity index (χ1v) is 8.64. The van der Waals surface area contributed by atoms with Gasteiger partial charge in [-0.25, -0.2) is 0 Å². The molecule has 0 amide bonds. The topological polar surface area (TPSA) is 31.5 Å². The summed E-state index contributed by atoms with van der Waals surface area (Å²) in [5.74, 6) is 0. The van der Waals surface area contributed by atoms with E-state index in [1.165, 1.54) is 22.3 Å². The Morgan fingerprint density at radius 2 is 0.760 bits per heavy atom. The molecular weight excluding hydrogens is 304 g/mol. The minimum Gasteiger partial charge on any atom is -0.412 e. The molecule has 0 bridgehead atoms. The molecule has 2 N–H and O–H groups in total. The molecule has 0 aromatic heterocycles. The molecule has 25 heavy (non-hydrogen) atoms. The lowest BCUT2D eigenvalue weighted by Crippen LogP contribution is -2.22. The maximum absolute atomic E-state index is 2.38. The maximum Gasteiger partial charge on any atom is 0.0146 e. The van der Waals surface area contributed by atoms with Crippen LogP contribution in [0.3, 0.4) is 0 Å². The van der Waals surface area contributed by atoms with Gasteiger partial charge in [-0.05, 0) is 22.3 Å². The Kier molecular flexibility index (Phi) is 5.49. The molecule has 0 saturated carbocycles. The fourth-order valence-corrected chi connectivity index (χ4v) is 3.34. The molecule has 0 heterocycles. The Labute approximate surface area is 151 Å². The first-order chi connectivity index (χ1) is 11.4. The lowest BCUT2D eigenvalue weighted by Gasteiger charge is -2.30. The molecule has 0 atom stereocenters. The molecule has 0 unspecified atom stereocenters. The van der Waals surface area contributed by atoms with Gasteiger partial charge >= 0.3 is 0 Å². The van der Waals surface area contributed by atoms with Crippen molar-refractivity contribution in [2.24, 2.45) is 0 Å². The van der Waals surface area contributed by atoms with Crippen molar-refractivity contribution in [2.75, 3.05) is 0 Å². The van der Waals surface area contributed by atoms with E-state index >= 15 is 0 Å². The minimum absolute atomic E-state index is 0. The highest BCUT2D eigenvalue weighted by atomic mass is 16.0. The molecule has 3 aromatic carbocycles. The first-order valence-electron chi connectivity index (χ1n) is 8.64. The molecule has 1 nitrogen and oxygen atoms in total. The van der Waals surface area contributed by atoms with Crippen LogP contribution in [0.5, 0.6) is 0 Å². The van der Waals surface area contributed by atoms with Gasteiger partial charge in [0.1, 0.15) is 0 Å². The average Bonchev–Trinajstić information content (AvgIpc) is 2.63. The van der Waals surface area contributed by atoms with Gasteiger partial charge < -0.3 is 5.48 Å². The van der Waals surface area contributed by atoms with Crippen LogP contribution in [0.25, 0.3) is 0 Å². The predicted molar refractivity (Wildman–Crippen MR) is 107 cm³/mol. The van der Waals surface area contributed by atoms with Crippen LogP contribution in [0.2, 0.25) is 0 Å². The molecule has 0 aliphatic heterocycles. The van der Waals surface area contributed by atoms with E-state index in [-0.39, 0.29) is 16.3 Å². The summed E-state index contributed by atoms with van der Waals surface area (Å²) in [6.07, 6.45) is 0. The van der Waals surface area contributed by atoms with Gasteiger partial charge in [-0.15, -0.1) is 0 Å². The molecule has 130 valence electrons. The summed E-state index contributed by atoms with van der Waals surface area (Å²) < 4.78 is 0. The predicted octanol–water partition coefficient (Wildman–Crippen LogP) is 5.51. The van der Waals surface area contributed by atoms with E-state index in [0.29, 0.717) is 0 Å². The van der Waals surface area contributed by atoms with E-state index < -0.39 is 0 Å². The Morgan fingerprint density at radius 3 is 1.12 bits per heavy atom. The maximum atomic E-state index is 2.38. The van der Waals surface area contributed by atoms with Gasteiger partial charge in [-0.2, -0.15) is 0 Å². The van der Waals surface area contributed by atoms with E-state index in [1.807, 2.05) is 0 Å². The zero-order valence-electron chi connectivity index (χ0n) is 15.6. The van der Waals surface area contributed by atoms with E-state index in [4.69, 9.17) is 0 Å². The molecule has 3 aromatic rings. The molecule has 1 heteroatoms. The molecular formula is C24H28O. The highest BCUT2D eigenvalue weighted by molar-refractivity contribution is 5.44. The zero-order chi connectivity index (χ0) is 17.2. The summed E-state index contributed by atoms with van der Waals surface area (Å²) in [7, 11) is 0. The Bertz CT molecular complexity index is 735. The second-order valence-corrected chi connectivity index (χ2v) is 7.56. The van der Waals surface area contributed by atoms with Gasteiger partial charge in [-0.3, -0.25) is 0 Å². The highest BCUT2D eigenvalue weighted by Crippen LogP contribution is 2.36. The second kappa shape index (κ2) is 7.25. The van der Waals surface area contributed by atoms with Crippen LogP contribution in [0, 0.1) is 0 Å². The van der Waals surface area contributed by atoms with Crippen LogP contribution in [0.4, 0.5) is 0 Å². The molecule has 0 radical (unpaired) electrons. The van der Waals surface area contributed by atoms with Gasteiger partial charge in [0, 0.05) is 10.8 Å². The largest absolute Gasteiger partial charge is 0.412 e. The van der Waals surface area contributed by atoms with Crippen molar-refractivity contribution in [3.63, 3.8) is 0 Å². The summed E-state index contributed by atoms with van der Waals surface area (Å²) in [6.45, 7) is 9.21. The monoisotopic (exact) mass is 332 g/mol. The summed E-state index contributed by atoms with van der Waals surface area (Å²) in [5, 5.41) is 0. The van der Waals surface area contributed by atoms with Gasteiger partial charge in [0.25, 0.3) is 0 Å². The van der Waals surface area contributed by atoms with Crippen molar-refractivity contribution in [1.29, 1.82) is 0 Å². The Morgan fingerprint density at radius 1 is 0.440 bits per heavy atom. The van der Waals surface area contributed by atoms with E-state index in [0.717, 1.165) is 0 Å². The fraction of sp³-hybridized carbons (Fsp3) is 0.250. The summed E-state index contributed by atoms with van der Waals surface area (Å²) in [5.41, 5.74) is 5.39. The summed E-state index contributed by atoms with van der Waals surface area (Å²) in [6, 6.07) is 30.6. The molecule has 3 rings (SSSR count). The molecule has 0 spiro atoms. The lowest BCUT2D eigenvalue weighted by atomic mass is 9.73. The van der Waals surface area contributed by atoms with Crippen molar-refractivity contribution in [2.45, 2.75) is 38.5 Å². The van der Waals surface area contributed by atoms with Crippen LogP contribution in [-0.4, -0.2) is 5.48 Å². The number of benzene rings is 3. The van der Waals surface area contributed by atoms with Crippen molar-refractivity contribution in [3.8, 4) is 0 Å². The first kappa shape index (κ1) is 19.0. The third kappa shape index (κ3) is 3.67. The standard InChI is InChI=1S/C24H26.H2O/c1-23(2,19-12-7-5-8-13-19)21-16-11-17-22(18-21)24(3,4)20-14-9-6-10-15-20;/h5-18H,1-4H3;1H2. The molecule has 0 fully saturated rings. The smallest absolute Gasteiger partial charge is 0.0146 e. The third-order valence-corrected chi connectivity index (χ3v) is 5.30. The van der Waals surface area contributed by atoms with Crippen molar-refractivity contribution >= 4 is 0 Å². The van der Waals surface area contributed by atoms with Crippen LogP contribution in [0.15, 0.2) is 84.9 Å². The summed E-state index contributed by atoms with van der Waals surface area (Å²) in [4.78, 5) is 0. The fourth-order valence-electron chi connectivity index (χ4n) is 3.34. The lowest BCUT2D eigenvalue weighted by molar-refractivity contribution is 0.617. The zero-order valence-corrected chi connectivity index (χ0v) is 15.6. The number of rotatable bonds is 4. The van der Waals surface area contributed by atoms with Crippen LogP contribution < -0.4 is 0 Å². The molecule has 0 saturated heterocycles. The SMILES string of the molecule is CC(C)(c1ccccc1)c1cccc(C(C)(C)c2ccccc2)c1.O. The van der Waals surface area contributed by atoms with Crippen molar-refractivity contribution in [3.05, 3.63) is 107 Å². The van der Waals surface area contributed by atoms with Crippen LogP contribution in [-0.2, 0) is 10.8 Å². The summed E-state index contributed by atoms with van der Waals surface area (Å²) >= 11 is 0. The quantitative estimate of drug-likeness (QED) is 0.603. The molecule has 0 aliphatic carbocycles. The van der Waals surface area contributed by atoms with E-state index in [1.54, 1.807) is 0 Å². The average molecular weight is 332 g/mol. The normalized spacial score (nSPS) is 11.7. The van der Waals surface area contributed by atoms with Crippen molar-refractivity contribution < 1.29 is 5.48 Å². The van der Waals surface area contributed by atoms with E-state index in [9.17, 15) is 0 Å². The van der Waals surface area contributed by atoms with Gasteiger partial charge in [0.2, 0.25) is 0 Å². The van der Waals surface area contributed by atoms with Crippen LogP contribution in [0.1, 0.15) is 49.9 Å².